The third-order valence-electron chi connectivity index (χ3n) is 4.20. The third-order valence-corrected chi connectivity index (χ3v) is 4.74. The van der Waals surface area contributed by atoms with Crippen molar-refractivity contribution in [2.75, 3.05) is 24.5 Å². The number of nitrogens with zero attached hydrogens (tertiary/aromatic N) is 1. The molecule has 1 aromatic carbocycles. The summed E-state index contributed by atoms with van der Waals surface area (Å²) in [4.78, 5) is 2.39. The zero-order valence-electron chi connectivity index (χ0n) is 11.7. The van der Waals surface area contributed by atoms with Gasteiger partial charge in [-0.05, 0) is 44.0 Å². The standard InChI is InChI=1S/C15H22Cl2N2/c1-3-15(4-2)11-19(9-5-8-18-15)14-7-6-12(16)10-13(14)17/h6-7,10,18H,3-5,8-9,11H2,1-2H3. The van der Waals surface area contributed by atoms with Gasteiger partial charge >= 0.3 is 0 Å². The van der Waals surface area contributed by atoms with Gasteiger partial charge in [-0.1, -0.05) is 37.0 Å². The topological polar surface area (TPSA) is 15.3 Å². The molecule has 0 saturated carbocycles. The Morgan fingerprint density at radius 3 is 2.63 bits per heavy atom. The van der Waals surface area contributed by atoms with Crippen LogP contribution in [-0.2, 0) is 0 Å². The van der Waals surface area contributed by atoms with E-state index in [0.717, 1.165) is 49.6 Å². The third kappa shape index (κ3) is 3.36. The Morgan fingerprint density at radius 2 is 2.00 bits per heavy atom. The van der Waals surface area contributed by atoms with Crippen LogP contribution < -0.4 is 10.2 Å². The molecule has 0 aromatic heterocycles. The number of hydrogen-bond donors (Lipinski definition) is 1. The van der Waals surface area contributed by atoms with Gasteiger partial charge in [-0.3, -0.25) is 0 Å². The molecule has 1 fully saturated rings. The lowest BCUT2D eigenvalue weighted by Gasteiger charge is -2.36. The molecule has 1 aliphatic rings. The first-order valence-electron chi connectivity index (χ1n) is 7.05. The Bertz CT molecular complexity index is 430. The van der Waals surface area contributed by atoms with Crippen LogP contribution >= 0.6 is 23.2 Å². The van der Waals surface area contributed by atoms with Crippen LogP contribution in [0.15, 0.2) is 18.2 Å². The molecule has 1 heterocycles. The van der Waals surface area contributed by atoms with E-state index in [0.29, 0.717) is 5.02 Å². The monoisotopic (exact) mass is 300 g/mol. The van der Waals surface area contributed by atoms with Crippen LogP contribution in [0.5, 0.6) is 0 Å². The van der Waals surface area contributed by atoms with Crippen molar-refractivity contribution in [3.05, 3.63) is 28.2 Å². The maximum atomic E-state index is 6.35. The van der Waals surface area contributed by atoms with Gasteiger partial charge in [0.25, 0.3) is 0 Å². The van der Waals surface area contributed by atoms with Crippen molar-refractivity contribution < 1.29 is 0 Å². The molecular weight excluding hydrogens is 279 g/mol. The second-order valence-corrected chi connectivity index (χ2v) is 6.13. The Labute approximate surface area is 126 Å². The molecule has 0 amide bonds. The Morgan fingerprint density at radius 1 is 1.26 bits per heavy atom. The predicted molar refractivity (Wildman–Crippen MR) is 84.6 cm³/mol. The molecular formula is C15H22Cl2N2. The predicted octanol–water partition coefficient (Wildman–Crippen LogP) is 4.35. The van der Waals surface area contributed by atoms with Crippen molar-refractivity contribution in [3.63, 3.8) is 0 Å². The second kappa shape index (κ2) is 6.34. The summed E-state index contributed by atoms with van der Waals surface area (Å²) in [5.74, 6) is 0. The molecule has 1 aromatic rings. The second-order valence-electron chi connectivity index (χ2n) is 5.29. The smallest absolute Gasteiger partial charge is 0.0654 e. The van der Waals surface area contributed by atoms with E-state index in [9.17, 15) is 0 Å². The highest BCUT2D eigenvalue weighted by Crippen LogP contribution is 2.31. The van der Waals surface area contributed by atoms with Gasteiger partial charge in [0.05, 0.1) is 10.7 Å². The van der Waals surface area contributed by atoms with Crippen molar-refractivity contribution in [2.45, 2.75) is 38.6 Å². The first-order chi connectivity index (χ1) is 9.10. The lowest BCUT2D eigenvalue weighted by atomic mass is 9.92. The average molecular weight is 301 g/mol. The van der Waals surface area contributed by atoms with Crippen molar-refractivity contribution in [1.29, 1.82) is 0 Å². The minimum atomic E-state index is 0.194. The summed E-state index contributed by atoms with van der Waals surface area (Å²) in [6.45, 7) is 7.62. The van der Waals surface area contributed by atoms with Crippen LogP contribution in [-0.4, -0.2) is 25.2 Å². The fourth-order valence-corrected chi connectivity index (χ4v) is 3.32. The van der Waals surface area contributed by atoms with Gasteiger partial charge in [0.2, 0.25) is 0 Å². The Balaban J connectivity index is 2.27. The summed E-state index contributed by atoms with van der Waals surface area (Å²) >= 11 is 12.3. The Hall–Kier alpha value is -0.440. The molecule has 1 N–H and O–H groups in total. The molecule has 0 aliphatic carbocycles. The SMILES string of the molecule is CCC1(CC)CN(c2ccc(Cl)cc2Cl)CCCN1. The summed E-state index contributed by atoms with van der Waals surface area (Å²) in [5, 5.41) is 5.15. The van der Waals surface area contributed by atoms with Gasteiger partial charge in [0.1, 0.15) is 0 Å². The molecule has 2 rings (SSSR count). The van der Waals surface area contributed by atoms with Gasteiger partial charge in [0.15, 0.2) is 0 Å². The number of rotatable bonds is 3. The quantitative estimate of drug-likeness (QED) is 0.893. The van der Waals surface area contributed by atoms with Crippen LogP contribution in [0.1, 0.15) is 33.1 Å². The van der Waals surface area contributed by atoms with Gasteiger partial charge in [-0.15, -0.1) is 0 Å². The van der Waals surface area contributed by atoms with Gasteiger partial charge in [-0.2, -0.15) is 0 Å². The molecule has 19 heavy (non-hydrogen) atoms. The van der Waals surface area contributed by atoms with Crippen molar-refractivity contribution in [3.8, 4) is 0 Å². The highest BCUT2D eigenvalue weighted by Gasteiger charge is 2.30. The maximum absolute atomic E-state index is 6.35. The molecule has 0 bridgehead atoms. The molecule has 1 aliphatic heterocycles. The zero-order valence-corrected chi connectivity index (χ0v) is 13.2. The molecule has 106 valence electrons. The van der Waals surface area contributed by atoms with Crippen LogP contribution in [0.4, 0.5) is 5.69 Å². The summed E-state index contributed by atoms with van der Waals surface area (Å²) in [5.41, 5.74) is 1.29. The van der Waals surface area contributed by atoms with E-state index < -0.39 is 0 Å². The number of halogens is 2. The van der Waals surface area contributed by atoms with Crippen LogP contribution in [0, 0.1) is 0 Å². The minimum absolute atomic E-state index is 0.194. The van der Waals surface area contributed by atoms with Gasteiger partial charge in [0, 0.05) is 23.7 Å². The van der Waals surface area contributed by atoms with Gasteiger partial charge in [-0.25, -0.2) is 0 Å². The molecule has 1 saturated heterocycles. The van der Waals surface area contributed by atoms with E-state index in [4.69, 9.17) is 23.2 Å². The van der Waals surface area contributed by atoms with E-state index >= 15 is 0 Å². The highest BCUT2D eigenvalue weighted by atomic mass is 35.5. The van der Waals surface area contributed by atoms with Crippen LogP contribution in [0.2, 0.25) is 10.0 Å². The van der Waals surface area contributed by atoms with Crippen LogP contribution in [0.25, 0.3) is 0 Å². The summed E-state index contributed by atoms with van der Waals surface area (Å²) < 4.78 is 0. The van der Waals surface area contributed by atoms with E-state index in [-0.39, 0.29) is 5.54 Å². The first kappa shape index (κ1) is 15.0. The van der Waals surface area contributed by atoms with Crippen LogP contribution in [0.3, 0.4) is 0 Å². The maximum Gasteiger partial charge on any atom is 0.0654 e. The fourth-order valence-electron chi connectivity index (χ4n) is 2.79. The normalized spacial score (nSPS) is 19.3. The lowest BCUT2D eigenvalue weighted by molar-refractivity contribution is 0.321. The van der Waals surface area contributed by atoms with E-state index in [1.807, 2.05) is 18.2 Å². The molecule has 0 radical (unpaired) electrons. The summed E-state index contributed by atoms with van der Waals surface area (Å²) in [6, 6.07) is 5.78. The molecule has 0 spiro atoms. The van der Waals surface area contributed by atoms with Crippen molar-refractivity contribution in [1.82, 2.24) is 5.32 Å². The first-order valence-corrected chi connectivity index (χ1v) is 7.81. The number of nitrogens with one attached hydrogen (secondary N) is 1. The summed E-state index contributed by atoms with van der Waals surface area (Å²) in [6.07, 6.45) is 3.40. The zero-order chi connectivity index (χ0) is 13.9. The van der Waals surface area contributed by atoms with E-state index in [1.54, 1.807) is 0 Å². The highest BCUT2D eigenvalue weighted by molar-refractivity contribution is 6.36. The number of hydrogen-bond acceptors (Lipinski definition) is 2. The largest absolute Gasteiger partial charge is 0.368 e. The van der Waals surface area contributed by atoms with Crippen molar-refractivity contribution >= 4 is 28.9 Å². The molecule has 4 heteroatoms. The molecule has 0 unspecified atom stereocenters. The number of benzene rings is 1. The van der Waals surface area contributed by atoms with Gasteiger partial charge < -0.3 is 10.2 Å². The molecule has 2 nitrogen and oxygen atoms in total. The Kier molecular flexibility index (Phi) is 4.99. The lowest BCUT2D eigenvalue weighted by Crippen LogP contribution is -2.50. The van der Waals surface area contributed by atoms with E-state index in [1.165, 1.54) is 0 Å². The number of anilines is 1. The fraction of sp³-hybridized carbons (Fsp3) is 0.600. The molecule has 0 atom stereocenters. The average Bonchev–Trinajstić information content (AvgIpc) is 2.62. The van der Waals surface area contributed by atoms with Crippen molar-refractivity contribution in [2.24, 2.45) is 0 Å². The summed E-state index contributed by atoms with van der Waals surface area (Å²) in [7, 11) is 0. The van der Waals surface area contributed by atoms with E-state index in [2.05, 4.69) is 24.1 Å². The minimum Gasteiger partial charge on any atom is -0.368 e.